The minimum atomic E-state index is -3.34. The first kappa shape index (κ1) is 19.6. The lowest BCUT2D eigenvalue weighted by atomic mass is 9.74. The molecule has 4 rings (SSSR count). The maximum absolute atomic E-state index is 12.2. The van der Waals surface area contributed by atoms with Crippen molar-refractivity contribution in [2.45, 2.75) is 31.2 Å². The summed E-state index contributed by atoms with van der Waals surface area (Å²) in [5, 5.41) is 10.7. The van der Waals surface area contributed by atoms with Crippen LogP contribution in [0.5, 0.6) is 5.75 Å². The Balaban J connectivity index is 1.93. The van der Waals surface area contributed by atoms with Crippen LogP contribution in [0.15, 0.2) is 30.3 Å². The van der Waals surface area contributed by atoms with Crippen molar-refractivity contribution in [1.82, 2.24) is 4.90 Å². The number of nitrogens with zero attached hydrogens (tertiary/aromatic N) is 2. The molecule has 0 unspecified atom stereocenters. The third-order valence-electron chi connectivity index (χ3n) is 6.28. The van der Waals surface area contributed by atoms with Gasteiger partial charge in [-0.3, -0.25) is 4.31 Å². The van der Waals surface area contributed by atoms with Gasteiger partial charge in [0.15, 0.2) is 0 Å². The zero-order valence-corrected chi connectivity index (χ0v) is 17.9. The molecule has 5 nitrogen and oxygen atoms in total. The van der Waals surface area contributed by atoms with Crippen LogP contribution < -0.4 is 4.31 Å². The predicted molar refractivity (Wildman–Crippen MR) is 113 cm³/mol. The average Bonchev–Trinajstić information content (AvgIpc) is 2.78. The van der Waals surface area contributed by atoms with Gasteiger partial charge >= 0.3 is 0 Å². The van der Waals surface area contributed by atoms with Gasteiger partial charge in [-0.2, -0.15) is 0 Å². The number of fused-ring (bicyclic) bond motifs is 5. The molecule has 0 saturated carbocycles. The van der Waals surface area contributed by atoms with E-state index in [2.05, 4.69) is 18.0 Å². The number of benzene rings is 2. The van der Waals surface area contributed by atoms with E-state index in [4.69, 9.17) is 11.6 Å². The normalized spacial score (nSPS) is 22.0. The van der Waals surface area contributed by atoms with Gasteiger partial charge < -0.3 is 10.0 Å². The molecule has 0 bridgehead atoms. The molecule has 2 atom stereocenters. The summed E-state index contributed by atoms with van der Waals surface area (Å²) in [6.45, 7) is 0.924. The third kappa shape index (κ3) is 3.17. The average molecular weight is 421 g/mol. The number of phenols is 1. The van der Waals surface area contributed by atoms with E-state index in [0.29, 0.717) is 11.1 Å². The Morgan fingerprint density at radius 3 is 2.68 bits per heavy atom. The highest BCUT2D eigenvalue weighted by atomic mass is 35.5. The molecule has 0 amide bonds. The molecule has 2 aliphatic rings. The van der Waals surface area contributed by atoms with E-state index in [0.717, 1.165) is 53.7 Å². The van der Waals surface area contributed by atoms with Gasteiger partial charge in [-0.1, -0.05) is 23.7 Å². The SMILES string of the molecule is CN1CCc2cc(Cl)c(O)cc2[C@H]2c3cccc(N(C)S(C)(=O)=O)c3CC[C@@H]21. The summed E-state index contributed by atoms with van der Waals surface area (Å²) in [6.07, 6.45) is 3.86. The summed E-state index contributed by atoms with van der Waals surface area (Å²) in [5.41, 5.74) is 5.20. The smallest absolute Gasteiger partial charge is 0.232 e. The number of phenolic OH excluding ortho intramolecular Hbond substituents is 1. The predicted octanol–water partition coefficient (Wildman–Crippen LogP) is 3.38. The number of sulfonamides is 1. The van der Waals surface area contributed by atoms with Crippen molar-refractivity contribution in [3.8, 4) is 5.75 Å². The number of hydrogen-bond donors (Lipinski definition) is 1. The molecule has 0 fully saturated rings. The number of halogens is 1. The summed E-state index contributed by atoms with van der Waals surface area (Å²) < 4.78 is 25.7. The fourth-order valence-electron chi connectivity index (χ4n) is 4.73. The fraction of sp³-hybridized carbons (Fsp3) is 0.429. The fourth-order valence-corrected chi connectivity index (χ4v) is 5.45. The summed E-state index contributed by atoms with van der Waals surface area (Å²) in [7, 11) is 0.404. The van der Waals surface area contributed by atoms with Gasteiger partial charge in [0.1, 0.15) is 5.75 Å². The van der Waals surface area contributed by atoms with Crippen molar-refractivity contribution in [3.05, 3.63) is 57.6 Å². The summed E-state index contributed by atoms with van der Waals surface area (Å²) in [6, 6.07) is 9.88. The van der Waals surface area contributed by atoms with E-state index < -0.39 is 10.0 Å². The molecule has 1 N–H and O–H groups in total. The maximum atomic E-state index is 12.2. The highest BCUT2D eigenvalue weighted by Crippen LogP contribution is 2.46. The van der Waals surface area contributed by atoms with Gasteiger partial charge in [0.25, 0.3) is 0 Å². The van der Waals surface area contributed by atoms with E-state index in [1.54, 1.807) is 13.1 Å². The van der Waals surface area contributed by atoms with Crippen LogP contribution in [0.1, 0.15) is 34.6 Å². The summed E-state index contributed by atoms with van der Waals surface area (Å²) >= 11 is 6.19. The first-order chi connectivity index (χ1) is 13.2. The lowest BCUT2D eigenvalue weighted by Gasteiger charge is -2.39. The van der Waals surface area contributed by atoms with Gasteiger partial charge in [-0.05, 0) is 66.8 Å². The Morgan fingerprint density at radius 2 is 1.96 bits per heavy atom. The second kappa shape index (κ2) is 6.94. The Hall–Kier alpha value is -1.76. The van der Waals surface area contributed by atoms with Crippen molar-refractivity contribution in [3.63, 3.8) is 0 Å². The Bertz CT molecular complexity index is 1040. The molecule has 1 aliphatic heterocycles. The molecule has 0 aromatic heterocycles. The second-order valence-corrected chi connectivity index (χ2v) is 10.3. The lowest BCUT2D eigenvalue weighted by Crippen LogP contribution is -2.40. The largest absolute Gasteiger partial charge is 0.506 e. The molecule has 0 saturated heterocycles. The van der Waals surface area contributed by atoms with Crippen LogP contribution in [0, 0.1) is 0 Å². The molecule has 1 heterocycles. The van der Waals surface area contributed by atoms with Crippen LogP contribution >= 0.6 is 11.6 Å². The van der Waals surface area contributed by atoms with Gasteiger partial charge in [0.05, 0.1) is 17.0 Å². The molecule has 0 spiro atoms. The number of likely N-dealkylation sites (N-methyl/N-ethyl adjacent to an activating group) is 1. The highest BCUT2D eigenvalue weighted by Gasteiger charge is 2.38. The van der Waals surface area contributed by atoms with Crippen molar-refractivity contribution in [1.29, 1.82) is 0 Å². The Labute approximate surface area is 171 Å². The van der Waals surface area contributed by atoms with Crippen molar-refractivity contribution >= 4 is 27.3 Å². The van der Waals surface area contributed by atoms with E-state index in [-0.39, 0.29) is 11.7 Å². The summed E-state index contributed by atoms with van der Waals surface area (Å²) in [5.74, 6) is 0.169. The molecule has 0 radical (unpaired) electrons. The van der Waals surface area contributed by atoms with Crippen molar-refractivity contribution < 1.29 is 13.5 Å². The minimum absolute atomic E-state index is 0.0716. The lowest BCUT2D eigenvalue weighted by molar-refractivity contribution is 0.214. The first-order valence-electron chi connectivity index (χ1n) is 9.45. The minimum Gasteiger partial charge on any atom is -0.506 e. The molecule has 1 aliphatic carbocycles. The first-order valence-corrected chi connectivity index (χ1v) is 11.7. The Morgan fingerprint density at radius 1 is 1.21 bits per heavy atom. The topological polar surface area (TPSA) is 60.9 Å². The molecule has 2 aromatic rings. The summed E-state index contributed by atoms with van der Waals surface area (Å²) in [4.78, 5) is 2.38. The molecule has 28 heavy (non-hydrogen) atoms. The van der Waals surface area contributed by atoms with Crippen molar-refractivity contribution in [2.75, 3.05) is 31.2 Å². The zero-order chi connectivity index (χ0) is 20.2. The number of aromatic hydroxyl groups is 1. The van der Waals surface area contributed by atoms with E-state index in [1.807, 2.05) is 18.2 Å². The van der Waals surface area contributed by atoms with Crippen LogP contribution in [0.3, 0.4) is 0 Å². The molecule has 150 valence electrons. The molecular formula is C21H25ClN2O3S. The third-order valence-corrected chi connectivity index (χ3v) is 7.77. The van der Waals surface area contributed by atoms with Crippen LogP contribution in [-0.4, -0.2) is 51.4 Å². The number of anilines is 1. The van der Waals surface area contributed by atoms with Crippen LogP contribution in [-0.2, 0) is 22.9 Å². The quantitative estimate of drug-likeness (QED) is 0.809. The highest BCUT2D eigenvalue weighted by molar-refractivity contribution is 7.92. The van der Waals surface area contributed by atoms with Crippen LogP contribution in [0.2, 0.25) is 5.02 Å². The number of hydrogen-bond acceptors (Lipinski definition) is 4. The van der Waals surface area contributed by atoms with Crippen LogP contribution in [0.25, 0.3) is 0 Å². The van der Waals surface area contributed by atoms with E-state index in [1.165, 1.54) is 10.6 Å². The van der Waals surface area contributed by atoms with E-state index >= 15 is 0 Å². The number of rotatable bonds is 2. The van der Waals surface area contributed by atoms with Gasteiger partial charge in [0.2, 0.25) is 10.0 Å². The zero-order valence-electron chi connectivity index (χ0n) is 16.3. The monoisotopic (exact) mass is 420 g/mol. The van der Waals surface area contributed by atoms with Crippen molar-refractivity contribution in [2.24, 2.45) is 0 Å². The molecule has 7 heteroatoms. The molecular weight excluding hydrogens is 396 g/mol. The molecule has 2 aromatic carbocycles. The maximum Gasteiger partial charge on any atom is 0.232 e. The van der Waals surface area contributed by atoms with E-state index in [9.17, 15) is 13.5 Å². The standard InChI is InChI=1S/C21H25ClN2O3S/c1-23-10-9-13-11-17(22)20(25)12-16(13)21-15-5-4-6-18(24(2)28(3,26)27)14(15)7-8-19(21)23/h4-6,11-12,19,21,25H,7-10H2,1-3H3/t19-,21+/m0/s1. The second-order valence-electron chi connectivity index (χ2n) is 7.89. The van der Waals surface area contributed by atoms with Gasteiger partial charge in [-0.25, -0.2) is 8.42 Å². The van der Waals surface area contributed by atoms with Gasteiger partial charge in [0, 0.05) is 25.6 Å². The Kier molecular flexibility index (Phi) is 4.84. The van der Waals surface area contributed by atoms with Crippen LogP contribution in [0.4, 0.5) is 5.69 Å². The van der Waals surface area contributed by atoms with Gasteiger partial charge in [-0.15, -0.1) is 0 Å².